The maximum Gasteiger partial charge on any atom is 0.410 e. The zero-order chi connectivity index (χ0) is 36.7. The van der Waals surface area contributed by atoms with Gasteiger partial charge in [0.05, 0.1) is 19.7 Å². The first kappa shape index (κ1) is 37.6. The first-order valence-corrected chi connectivity index (χ1v) is 17.2. The molecule has 2 atom stereocenters. The largest absolute Gasteiger partial charge is 0.488 e. The molecule has 0 saturated heterocycles. The predicted molar refractivity (Wildman–Crippen MR) is 192 cm³/mol. The van der Waals surface area contributed by atoms with E-state index in [-0.39, 0.29) is 37.4 Å². The lowest BCUT2D eigenvalue weighted by Gasteiger charge is -2.39. The van der Waals surface area contributed by atoms with E-state index >= 15 is 8.78 Å². The molecular formula is C41H46F2N2O6. The fraction of sp³-hybridized carbons (Fsp3) is 0.366. The number of hydrogen-bond acceptors (Lipinski definition) is 7. The Kier molecular flexibility index (Phi) is 12.2. The highest BCUT2D eigenvalue weighted by atomic mass is 19.1. The molecule has 0 heterocycles. The van der Waals surface area contributed by atoms with E-state index in [4.69, 9.17) is 18.9 Å². The molecule has 0 N–H and O–H groups in total. The highest BCUT2D eigenvalue weighted by Crippen LogP contribution is 2.47. The van der Waals surface area contributed by atoms with Crippen LogP contribution in [0, 0.1) is 5.82 Å². The molecule has 0 aliphatic heterocycles. The van der Waals surface area contributed by atoms with E-state index < -0.39 is 48.0 Å². The maximum atomic E-state index is 16.9. The van der Waals surface area contributed by atoms with Crippen molar-refractivity contribution in [2.24, 2.45) is 0 Å². The number of carbonyl (C=O) groups is 2. The third-order valence-corrected chi connectivity index (χ3v) is 8.64. The summed E-state index contributed by atoms with van der Waals surface area (Å²) >= 11 is 0. The molecule has 1 amide bonds. The Morgan fingerprint density at radius 3 is 1.86 bits per heavy atom. The van der Waals surface area contributed by atoms with Crippen molar-refractivity contribution in [2.45, 2.75) is 64.9 Å². The minimum Gasteiger partial charge on any atom is -0.488 e. The highest BCUT2D eigenvalue weighted by Gasteiger charge is 2.44. The number of benzene rings is 4. The van der Waals surface area contributed by atoms with Crippen LogP contribution in [-0.4, -0.2) is 73.0 Å². The Labute approximate surface area is 298 Å². The van der Waals surface area contributed by atoms with Gasteiger partial charge in [-0.25, -0.2) is 13.6 Å². The van der Waals surface area contributed by atoms with Gasteiger partial charge < -0.3 is 18.9 Å². The molecule has 10 heteroatoms. The van der Waals surface area contributed by atoms with E-state index in [0.717, 1.165) is 22.3 Å². The van der Waals surface area contributed by atoms with E-state index in [9.17, 15) is 9.59 Å². The number of nitrogens with zero attached hydrogens (tertiary/aromatic N) is 2. The van der Waals surface area contributed by atoms with Crippen LogP contribution in [-0.2, 0) is 14.2 Å². The van der Waals surface area contributed by atoms with Crippen LogP contribution >= 0.6 is 0 Å². The molecule has 4 aromatic rings. The minimum absolute atomic E-state index is 0.174. The molecule has 51 heavy (non-hydrogen) atoms. The summed E-state index contributed by atoms with van der Waals surface area (Å²) in [4.78, 5) is 31.7. The van der Waals surface area contributed by atoms with Gasteiger partial charge in [-0.1, -0.05) is 66.7 Å². The average Bonchev–Trinajstić information content (AvgIpc) is 3.44. The van der Waals surface area contributed by atoms with Crippen LogP contribution in [0.3, 0.4) is 0 Å². The molecule has 0 saturated carbocycles. The molecule has 0 fully saturated rings. The second-order valence-electron chi connectivity index (χ2n) is 13.2. The number of ether oxygens (including phenoxy) is 4. The van der Waals surface area contributed by atoms with Crippen LogP contribution in [0.15, 0.2) is 97.1 Å². The molecule has 0 radical (unpaired) electrons. The second kappa shape index (κ2) is 16.6. The smallest absolute Gasteiger partial charge is 0.410 e. The lowest BCUT2D eigenvalue weighted by atomic mass is 9.96. The molecule has 0 spiro atoms. The van der Waals surface area contributed by atoms with Gasteiger partial charge in [0, 0.05) is 30.9 Å². The monoisotopic (exact) mass is 700 g/mol. The van der Waals surface area contributed by atoms with Gasteiger partial charge >= 0.3 is 6.09 Å². The van der Waals surface area contributed by atoms with Crippen molar-refractivity contribution in [2.75, 3.05) is 33.4 Å². The topological polar surface area (TPSA) is 77.5 Å². The summed E-state index contributed by atoms with van der Waals surface area (Å²) in [6.07, 6.45) is -3.73. The van der Waals surface area contributed by atoms with E-state index in [0.29, 0.717) is 5.75 Å². The van der Waals surface area contributed by atoms with Crippen molar-refractivity contribution < 1.29 is 37.3 Å². The normalized spacial score (nSPS) is 13.8. The first-order chi connectivity index (χ1) is 24.5. The molecule has 2 unspecified atom stereocenters. The number of methoxy groups -OCH3 is 1. The van der Waals surface area contributed by atoms with Crippen LogP contribution in [0.2, 0.25) is 0 Å². The molecule has 270 valence electrons. The number of amides is 1. The van der Waals surface area contributed by atoms with E-state index in [1.807, 2.05) is 69.3 Å². The van der Waals surface area contributed by atoms with E-state index in [2.05, 4.69) is 0 Å². The Morgan fingerprint density at radius 2 is 1.33 bits per heavy atom. The van der Waals surface area contributed by atoms with Crippen LogP contribution in [0.4, 0.5) is 13.6 Å². The standard InChI is InChI=1S/C41H46F2N2O6/c1-7-49-36(50-8-2)26-44(39(43)33-19-13-14-20-34(33)42)25-35(38(46)27-21-23-28(24-22-27)51-41(3,4)5)45(40(47)48-6)37-31-17-11-9-15-29(31)30-16-10-12-18-32(30)37/h9-24,35-37,39H,7-8,25-26H2,1-6H3. The fourth-order valence-corrected chi connectivity index (χ4v) is 6.54. The van der Waals surface area contributed by atoms with Crippen LogP contribution < -0.4 is 4.74 Å². The molecule has 0 aromatic heterocycles. The van der Waals surface area contributed by atoms with Crippen molar-refractivity contribution in [1.82, 2.24) is 9.80 Å². The third kappa shape index (κ3) is 8.64. The minimum atomic E-state index is -2.03. The Hall–Kier alpha value is -4.64. The maximum absolute atomic E-state index is 16.9. The fourth-order valence-electron chi connectivity index (χ4n) is 6.54. The van der Waals surface area contributed by atoms with Crippen LogP contribution in [0.25, 0.3) is 11.1 Å². The van der Waals surface area contributed by atoms with E-state index in [1.165, 1.54) is 35.1 Å². The highest BCUT2D eigenvalue weighted by molar-refractivity contribution is 6.02. The molecule has 5 rings (SSSR count). The number of ketones is 1. The number of halogens is 2. The number of carbonyl (C=O) groups excluding carboxylic acids is 2. The second-order valence-corrected chi connectivity index (χ2v) is 13.2. The van der Waals surface area contributed by atoms with Crippen LogP contribution in [0.5, 0.6) is 5.75 Å². The summed E-state index contributed by atoms with van der Waals surface area (Å²) in [6, 6.07) is 25.4. The lowest BCUT2D eigenvalue weighted by Crippen LogP contribution is -2.54. The predicted octanol–water partition coefficient (Wildman–Crippen LogP) is 8.76. The van der Waals surface area contributed by atoms with Crippen molar-refractivity contribution in [3.8, 4) is 16.9 Å². The summed E-state index contributed by atoms with van der Waals surface area (Å²) in [5, 5.41) is 0. The van der Waals surface area contributed by atoms with Gasteiger partial charge in [-0.3, -0.25) is 14.6 Å². The summed E-state index contributed by atoms with van der Waals surface area (Å²) < 4.78 is 55.0. The van der Waals surface area contributed by atoms with Gasteiger partial charge in [0.1, 0.15) is 23.2 Å². The number of hydrogen-bond donors (Lipinski definition) is 0. The van der Waals surface area contributed by atoms with Gasteiger partial charge in [0.2, 0.25) is 0 Å². The molecule has 8 nitrogen and oxygen atoms in total. The Bertz CT molecular complexity index is 1740. The van der Waals surface area contributed by atoms with E-state index in [1.54, 1.807) is 44.2 Å². The summed E-state index contributed by atoms with van der Waals surface area (Å²) in [6.45, 7) is 9.33. The first-order valence-electron chi connectivity index (χ1n) is 17.2. The Balaban J connectivity index is 1.67. The van der Waals surface area contributed by atoms with Crippen LogP contribution in [0.1, 0.15) is 74.0 Å². The van der Waals surface area contributed by atoms with Crippen molar-refractivity contribution >= 4 is 11.9 Å². The summed E-state index contributed by atoms with van der Waals surface area (Å²) in [7, 11) is 1.25. The lowest BCUT2D eigenvalue weighted by molar-refractivity contribution is -0.157. The van der Waals surface area contributed by atoms with Crippen molar-refractivity contribution in [1.29, 1.82) is 0 Å². The molecule has 4 aromatic carbocycles. The number of alkyl halides is 1. The van der Waals surface area contributed by atoms with Crippen molar-refractivity contribution in [3.05, 3.63) is 125 Å². The SMILES string of the molecule is CCOC(CN(CC(C(=O)c1ccc(OC(C)(C)C)cc1)N(C(=O)OC)C1c2ccccc2-c2ccccc21)C(F)c1ccccc1F)OCC. The molecule has 0 bridgehead atoms. The van der Waals surface area contributed by atoms with Gasteiger partial charge in [-0.2, -0.15) is 0 Å². The van der Waals surface area contributed by atoms with Gasteiger partial charge in [0.25, 0.3) is 0 Å². The average molecular weight is 701 g/mol. The van der Waals surface area contributed by atoms with Crippen molar-refractivity contribution in [3.63, 3.8) is 0 Å². The summed E-state index contributed by atoms with van der Waals surface area (Å²) in [5.74, 6) is -0.667. The summed E-state index contributed by atoms with van der Waals surface area (Å²) in [5.41, 5.74) is 2.95. The van der Waals surface area contributed by atoms with Gasteiger partial charge in [-0.05, 0) is 87.2 Å². The van der Waals surface area contributed by atoms with Gasteiger partial charge in [0.15, 0.2) is 18.4 Å². The quantitative estimate of drug-likeness (QED) is 0.0697. The molecular weight excluding hydrogens is 654 g/mol. The molecule has 1 aliphatic carbocycles. The van der Waals surface area contributed by atoms with Gasteiger partial charge in [-0.15, -0.1) is 0 Å². The zero-order valence-electron chi connectivity index (χ0n) is 30.0. The molecule has 1 aliphatic rings. The third-order valence-electron chi connectivity index (χ3n) is 8.64. The number of rotatable bonds is 15. The number of fused-ring (bicyclic) bond motifs is 3. The zero-order valence-corrected chi connectivity index (χ0v) is 30.0. The number of Topliss-reactive ketones (excluding diaryl/α,β-unsaturated/α-hetero) is 1. The Morgan fingerprint density at radius 1 is 0.784 bits per heavy atom.